The van der Waals surface area contributed by atoms with Crippen LogP contribution in [-0.2, 0) is 0 Å². The van der Waals surface area contributed by atoms with Crippen LogP contribution in [0.5, 0.6) is 0 Å². The van der Waals surface area contributed by atoms with Gasteiger partial charge in [-0.2, -0.15) is 5.10 Å². The van der Waals surface area contributed by atoms with Crippen molar-refractivity contribution in [2.45, 2.75) is 0 Å². The summed E-state index contributed by atoms with van der Waals surface area (Å²) in [5.74, 6) is -1.21. The first-order valence-corrected chi connectivity index (χ1v) is 4.84. The maximum Gasteiger partial charge on any atom is 0.267 e. The molecule has 0 radical (unpaired) electrons. The highest BCUT2D eigenvalue weighted by atomic mass is 16.1. The first kappa shape index (κ1) is 10.9. The van der Waals surface area contributed by atoms with Gasteiger partial charge in [-0.15, -0.1) is 0 Å². The minimum atomic E-state index is -0.623. The number of rotatable bonds is 3. The molecule has 4 N–H and O–H groups in total. The van der Waals surface area contributed by atoms with E-state index >= 15 is 0 Å². The Balaban J connectivity index is 2.64. The van der Waals surface area contributed by atoms with Crippen LogP contribution in [0.1, 0.15) is 20.8 Å². The molecule has 0 fully saturated rings. The highest BCUT2D eigenvalue weighted by Gasteiger charge is 2.14. The van der Waals surface area contributed by atoms with Crippen molar-refractivity contribution in [1.82, 2.24) is 9.78 Å². The zero-order valence-electron chi connectivity index (χ0n) is 8.83. The predicted molar refractivity (Wildman–Crippen MR) is 60.6 cm³/mol. The van der Waals surface area contributed by atoms with E-state index in [1.165, 1.54) is 16.9 Å². The second kappa shape index (κ2) is 4.09. The molecule has 1 aromatic carbocycles. The van der Waals surface area contributed by atoms with E-state index in [0.717, 1.165) is 0 Å². The van der Waals surface area contributed by atoms with Gasteiger partial charge in [0.15, 0.2) is 0 Å². The molecule has 0 atom stereocenters. The van der Waals surface area contributed by atoms with Gasteiger partial charge in [0.05, 0.1) is 17.4 Å². The van der Waals surface area contributed by atoms with Crippen molar-refractivity contribution in [1.29, 1.82) is 0 Å². The Morgan fingerprint density at radius 3 is 2.41 bits per heavy atom. The third-order valence-corrected chi connectivity index (χ3v) is 2.29. The van der Waals surface area contributed by atoms with Crippen molar-refractivity contribution in [3.8, 4) is 5.69 Å². The van der Waals surface area contributed by atoms with Crippen LogP contribution in [0.3, 0.4) is 0 Å². The molecule has 17 heavy (non-hydrogen) atoms. The highest BCUT2D eigenvalue weighted by molar-refractivity contribution is 5.97. The van der Waals surface area contributed by atoms with E-state index in [1.807, 2.05) is 0 Å². The lowest BCUT2D eigenvalue weighted by molar-refractivity contribution is 0.0983. The van der Waals surface area contributed by atoms with Crippen LogP contribution in [0.15, 0.2) is 36.5 Å². The van der Waals surface area contributed by atoms with E-state index in [9.17, 15) is 9.59 Å². The summed E-state index contributed by atoms with van der Waals surface area (Å²) in [7, 11) is 0. The molecule has 0 aliphatic rings. The van der Waals surface area contributed by atoms with Crippen molar-refractivity contribution >= 4 is 11.8 Å². The van der Waals surface area contributed by atoms with Gasteiger partial charge in [-0.1, -0.05) is 12.1 Å². The monoisotopic (exact) mass is 230 g/mol. The number of para-hydroxylation sites is 1. The first-order chi connectivity index (χ1) is 8.11. The Morgan fingerprint density at radius 1 is 1.06 bits per heavy atom. The lowest BCUT2D eigenvalue weighted by Gasteiger charge is -2.08. The van der Waals surface area contributed by atoms with Gasteiger partial charge in [0.1, 0.15) is 5.69 Å². The fraction of sp³-hybridized carbons (Fsp3) is 0. The van der Waals surface area contributed by atoms with Crippen molar-refractivity contribution in [2.24, 2.45) is 11.5 Å². The van der Waals surface area contributed by atoms with E-state index in [1.54, 1.807) is 24.3 Å². The fourth-order valence-corrected chi connectivity index (χ4v) is 1.55. The van der Waals surface area contributed by atoms with Gasteiger partial charge < -0.3 is 11.5 Å². The van der Waals surface area contributed by atoms with Crippen molar-refractivity contribution < 1.29 is 9.59 Å². The van der Waals surface area contributed by atoms with E-state index < -0.39 is 11.8 Å². The Morgan fingerprint density at radius 2 is 1.76 bits per heavy atom. The van der Waals surface area contributed by atoms with E-state index in [0.29, 0.717) is 5.69 Å². The summed E-state index contributed by atoms with van der Waals surface area (Å²) in [6, 6.07) is 8.06. The Labute approximate surface area is 96.8 Å². The van der Waals surface area contributed by atoms with Gasteiger partial charge in [0, 0.05) is 0 Å². The molecule has 6 heteroatoms. The molecule has 1 aromatic heterocycles. The summed E-state index contributed by atoms with van der Waals surface area (Å²) in [6.45, 7) is 0. The molecule has 2 amide bonds. The Bertz CT molecular complexity index is 589. The third kappa shape index (κ3) is 1.87. The predicted octanol–water partition coefficient (Wildman–Crippen LogP) is 0.0701. The quantitative estimate of drug-likeness (QED) is 0.779. The highest BCUT2D eigenvalue weighted by Crippen LogP contribution is 2.15. The number of carbonyl (C=O) groups excluding carboxylic acids is 2. The van der Waals surface area contributed by atoms with Crippen LogP contribution in [-0.4, -0.2) is 21.6 Å². The number of benzene rings is 1. The smallest absolute Gasteiger partial charge is 0.267 e. The number of hydrogen-bond acceptors (Lipinski definition) is 3. The maximum absolute atomic E-state index is 11.3. The fourth-order valence-electron chi connectivity index (χ4n) is 1.55. The number of amides is 2. The van der Waals surface area contributed by atoms with Crippen molar-refractivity contribution in [3.05, 3.63) is 47.8 Å². The molecule has 0 bridgehead atoms. The SMILES string of the molecule is NC(=O)c1ccccc1-n1nccc1C(N)=O. The minimum absolute atomic E-state index is 0.193. The van der Waals surface area contributed by atoms with E-state index in [2.05, 4.69) is 5.10 Å². The summed E-state index contributed by atoms with van der Waals surface area (Å²) >= 11 is 0. The van der Waals surface area contributed by atoms with Crippen molar-refractivity contribution in [2.75, 3.05) is 0 Å². The van der Waals surface area contributed by atoms with Gasteiger partial charge in [-0.25, -0.2) is 4.68 Å². The minimum Gasteiger partial charge on any atom is -0.366 e. The summed E-state index contributed by atoms with van der Waals surface area (Å²) in [5.41, 5.74) is 11.4. The Kier molecular flexibility index (Phi) is 2.61. The summed E-state index contributed by atoms with van der Waals surface area (Å²) < 4.78 is 1.29. The number of aromatic nitrogens is 2. The molecule has 2 rings (SSSR count). The van der Waals surface area contributed by atoms with Gasteiger partial charge in [-0.05, 0) is 18.2 Å². The zero-order chi connectivity index (χ0) is 12.4. The molecule has 86 valence electrons. The van der Waals surface area contributed by atoms with E-state index in [4.69, 9.17) is 11.5 Å². The Hall–Kier alpha value is -2.63. The number of hydrogen-bond donors (Lipinski definition) is 2. The second-order valence-electron chi connectivity index (χ2n) is 3.37. The molecule has 0 aliphatic heterocycles. The zero-order valence-corrected chi connectivity index (χ0v) is 8.83. The van der Waals surface area contributed by atoms with Gasteiger partial charge in [0.2, 0.25) is 0 Å². The maximum atomic E-state index is 11.3. The van der Waals surface area contributed by atoms with Gasteiger partial charge in [0.25, 0.3) is 11.8 Å². The van der Waals surface area contributed by atoms with E-state index in [-0.39, 0.29) is 11.3 Å². The number of nitrogens with two attached hydrogens (primary N) is 2. The summed E-state index contributed by atoms with van der Waals surface area (Å²) in [6.07, 6.45) is 1.43. The average Bonchev–Trinajstić information content (AvgIpc) is 2.77. The van der Waals surface area contributed by atoms with Gasteiger partial charge in [-0.3, -0.25) is 9.59 Å². The topological polar surface area (TPSA) is 104 Å². The molecule has 6 nitrogen and oxygen atoms in total. The average molecular weight is 230 g/mol. The summed E-state index contributed by atoms with van der Waals surface area (Å²) in [5, 5.41) is 3.96. The second-order valence-corrected chi connectivity index (χ2v) is 3.37. The number of primary amides is 2. The third-order valence-electron chi connectivity index (χ3n) is 2.29. The van der Waals surface area contributed by atoms with Crippen LogP contribution in [0.4, 0.5) is 0 Å². The van der Waals surface area contributed by atoms with Crippen molar-refractivity contribution in [3.63, 3.8) is 0 Å². The van der Waals surface area contributed by atoms with Crippen LogP contribution < -0.4 is 11.5 Å². The van der Waals surface area contributed by atoms with Gasteiger partial charge >= 0.3 is 0 Å². The van der Waals surface area contributed by atoms with Crippen LogP contribution in [0.25, 0.3) is 5.69 Å². The standard InChI is InChI=1S/C11H10N4O2/c12-10(16)7-3-1-2-4-8(7)15-9(11(13)17)5-6-14-15/h1-6H,(H2,12,16)(H2,13,17). The lowest BCUT2D eigenvalue weighted by atomic mass is 10.1. The largest absolute Gasteiger partial charge is 0.366 e. The van der Waals surface area contributed by atoms with Crippen LogP contribution in [0.2, 0.25) is 0 Å². The first-order valence-electron chi connectivity index (χ1n) is 4.84. The molecule has 0 spiro atoms. The molecule has 0 unspecified atom stereocenters. The lowest BCUT2D eigenvalue weighted by Crippen LogP contribution is -2.20. The molecular formula is C11H10N4O2. The molecule has 0 aliphatic carbocycles. The normalized spacial score (nSPS) is 10.1. The van der Waals surface area contributed by atoms with Crippen LogP contribution in [0, 0.1) is 0 Å². The molecule has 1 heterocycles. The van der Waals surface area contributed by atoms with Crippen LogP contribution >= 0.6 is 0 Å². The number of nitrogens with zero attached hydrogens (tertiary/aromatic N) is 2. The molecule has 2 aromatic rings. The molecule has 0 saturated carbocycles. The molecule has 0 saturated heterocycles. The number of carbonyl (C=O) groups is 2. The molecular weight excluding hydrogens is 220 g/mol. The summed E-state index contributed by atoms with van der Waals surface area (Å²) in [4.78, 5) is 22.4.